The average molecular weight is 182 g/mol. The lowest BCUT2D eigenvalue weighted by molar-refractivity contribution is -0.129. The lowest BCUT2D eigenvalue weighted by Crippen LogP contribution is -2.39. The molecule has 72 valence electrons. The summed E-state index contributed by atoms with van der Waals surface area (Å²) in [6.07, 6.45) is 4.37. The number of hydrazine groups is 1. The SMILES string of the molecule is O=CCCN1NC(C2CC2)CC1=O. The van der Waals surface area contributed by atoms with Crippen LogP contribution >= 0.6 is 0 Å². The zero-order chi connectivity index (χ0) is 9.26. The Morgan fingerprint density at radius 1 is 1.54 bits per heavy atom. The third-order valence-electron chi connectivity index (χ3n) is 2.68. The van der Waals surface area contributed by atoms with Crippen molar-refractivity contribution in [1.82, 2.24) is 10.4 Å². The van der Waals surface area contributed by atoms with Crippen molar-refractivity contribution in [2.75, 3.05) is 6.54 Å². The van der Waals surface area contributed by atoms with Gasteiger partial charge in [-0.15, -0.1) is 0 Å². The van der Waals surface area contributed by atoms with Crippen LogP contribution in [-0.4, -0.2) is 29.8 Å². The molecular weight excluding hydrogens is 168 g/mol. The van der Waals surface area contributed by atoms with E-state index in [-0.39, 0.29) is 5.91 Å². The lowest BCUT2D eigenvalue weighted by Gasteiger charge is -2.16. The van der Waals surface area contributed by atoms with Crippen molar-refractivity contribution in [3.8, 4) is 0 Å². The van der Waals surface area contributed by atoms with Crippen LogP contribution in [-0.2, 0) is 9.59 Å². The highest BCUT2D eigenvalue weighted by molar-refractivity contribution is 5.78. The fourth-order valence-electron chi connectivity index (χ4n) is 1.76. The summed E-state index contributed by atoms with van der Waals surface area (Å²) in [5, 5.41) is 1.59. The maximum Gasteiger partial charge on any atom is 0.238 e. The molecule has 1 N–H and O–H groups in total. The fraction of sp³-hybridized carbons (Fsp3) is 0.778. The number of rotatable bonds is 4. The van der Waals surface area contributed by atoms with Gasteiger partial charge in [-0.25, -0.2) is 5.43 Å². The van der Waals surface area contributed by atoms with Crippen LogP contribution < -0.4 is 5.43 Å². The highest BCUT2D eigenvalue weighted by atomic mass is 16.2. The Labute approximate surface area is 77.3 Å². The van der Waals surface area contributed by atoms with E-state index in [0.29, 0.717) is 31.3 Å². The molecule has 1 amide bonds. The summed E-state index contributed by atoms with van der Waals surface area (Å²) < 4.78 is 0. The summed E-state index contributed by atoms with van der Waals surface area (Å²) in [7, 11) is 0. The van der Waals surface area contributed by atoms with E-state index in [2.05, 4.69) is 5.43 Å². The Kier molecular flexibility index (Phi) is 2.31. The van der Waals surface area contributed by atoms with E-state index in [9.17, 15) is 9.59 Å². The molecule has 1 unspecified atom stereocenters. The summed E-state index contributed by atoms with van der Waals surface area (Å²) in [5.74, 6) is 0.837. The van der Waals surface area contributed by atoms with Crippen molar-refractivity contribution in [2.24, 2.45) is 5.92 Å². The van der Waals surface area contributed by atoms with Gasteiger partial charge in [0, 0.05) is 25.4 Å². The van der Waals surface area contributed by atoms with Gasteiger partial charge in [0.1, 0.15) is 6.29 Å². The average Bonchev–Trinajstić information content (AvgIpc) is 2.89. The van der Waals surface area contributed by atoms with E-state index in [4.69, 9.17) is 0 Å². The highest BCUT2D eigenvalue weighted by Crippen LogP contribution is 2.36. The largest absolute Gasteiger partial charge is 0.303 e. The first kappa shape index (κ1) is 8.69. The van der Waals surface area contributed by atoms with E-state index >= 15 is 0 Å². The quantitative estimate of drug-likeness (QED) is 0.627. The summed E-state index contributed by atoms with van der Waals surface area (Å²) in [4.78, 5) is 21.5. The van der Waals surface area contributed by atoms with Crippen LogP contribution in [0.5, 0.6) is 0 Å². The molecule has 2 rings (SSSR count). The molecule has 1 heterocycles. The topological polar surface area (TPSA) is 49.4 Å². The Balaban J connectivity index is 1.83. The van der Waals surface area contributed by atoms with E-state index in [1.807, 2.05) is 0 Å². The third-order valence-corrected chi connectivity index (χ3v) is 2.68. The minimum Gasteiger partial charge on any atom is -0.303 e. The molecule has 0 aromatic rings. The minimum absolute atomic E-state index is 0.138. The summed E-state index contributed by atoms with van der Waals surface area (Å²) in [6, 6.07) is 0.346. The zero-order valence-electron chi connectivity index (χ0n) is 7.53. The van der Waals surface area contributed by atoms with Crippen LogP contribution in [0.2, 0.25) is 0 Å². The van der Waals surface area contributed by atoms with Crippen molar-refractivity contribution < 1.29 is 9.59 Å². The van der Waals surface area contributed by atoms with Crippen molar-refractivity contribution in [3.63, 3.8) is 0 Å². The standard InChI is InChI=1S/C9H14N2O2/c12-5-1-4-11-9(13)6-8(10-11)7-2-3-7/h5,7-8,10H,1-4,6H2. The predicted octanol–water partition coefficient (Wildman–Crippen LogP) is 0.0909. The van der Waals surface area contributed by atoms with Gasteiger partial charge in [0.25, 0.3) is 0 Å². The molecule has 0 bridgehead atoms. The number of hydrogen-bond acceptors (Lipinski definition) is 3. The molecule has 1 aliphatic heterocycles. The molecule has 1 aliphatic carbocycles. The van der Waals surface area contributed by atoms with Crippen molar-refractivity contribution in [3.05, 3.63) is 0 Å². The Hall–Kier alpha value is -0.900. The second kappa shape index (κ2) is 3.46. The predicted molar refractivity (Wildman–Crippen MR) is 46.7 cm³/mol. The number of aldehydes is 1. The maximum absolute atomic E-state index is 11.4. The molecule has 4 nitrogen and oxygen atoms in total. The molecule has 4 heteroatoms. The molecule has 1 atom stereocenters. The molecule has 0 radical (unpaired) electrons. The van der Waals surface area contributed by atoms with Crippen LogP contribution in [0.4, 0.5) is 0 Å². The van der Waals surface area contributed by atoms with Gasteiger partial charge in [-0.3, -0.25) is 9.80 Å². The number of nitrogens with zero attached hydrogens (tertiary/aromatic N) is 1. The van der Waals surface area contributed by atoms with E-state index in [1.165, 1.54) is 12.8 Å². The van der Waals surface area contributed by atoms with Crippen LogP contribution in [0, 0.1) is 5.92 Å². The van der Waals surface area contributed by atoms with Gasteiger partial charge >= 0.3 is 0 Å². The van der Waals surface area contributed by atoms with Crippen LogP contribution in [0.3, 0.4) is 0 Å². The molecule has 13 heavy (non-hydrogen) atoms. The monoisotopic (exact) mass is 182 g/mol. The molecule has 2 fully saturated rings. The second-order valence-corrected chi connectivity index (χ2v) is 3.78. The van der Waals surface area contributed by atoms with Crippen molar-refractivity contribution in [1.29, 1.82) is 0 Å². The van der Waals surface area contributed by atoms with Gasteiger partial charge in [-0.1, -0.05) is 0 Å². The molecule has 0 aromatic heterocycles. The van der Waals surface area contributed by atoms with Crippen molar-refractivity contribution >= 4 is 12.2 Å². The van der Waals surface area contributed by atoms with E-state index in [0.717, 1.165) is 6.29 Å². The first-order valence-electron chi connectivity index (χ1n) is 4.81. The van der Waals surface area contributed by atoms with Gasteiger partial charge in [-0.2, -0.15) is 0 Å². The Morgan fingerprint density at radius 3 is 2.92 bits per heavy atom. The summed E-state index contributed by atoms with van der Waals surface area (Å²) >= 11 is 0. The third kappa shape index (κ3) is 1.88. The minimum atomic E-state index is 0.138. The van der Waals surface area contributed by atoms with Gasteiger partial charge in [0.05, 0.1) is 0 Å². The van der Waals surface area contributed by atoms with Gasteiger partial charge in [-0.05, 0) is 18.8 Å². The maximum atomic E-state index is 11.4. The van der Waals surface area contributed by atoms with Gasteiger partial charge < -0.3 is 4.79 Å². The normalized spacial score (nSPS) is 28.2. The molecule has 2 aliphatic rings. The van der Waals surface area contributed by atoms with E-state index in [1.54, 1.807) is 5.01 Å². The number of carbonyl (C=O) groups is 2. The number of carbonyl (C=O) groups excluding carboxylic acids is 2. The van der Waals surface area contributed by atoms with E-state index < -0.39 is 0 Å². The number of amides is 1. The smallest absolute Gasteiger partial charge is 0.238 e. The van der Waals surface area contributed by atoms with Gasteiger partial charge in [0.15, 0.2) is 0 Å². The molecule has 0 aromatic carbocycles. The first-order valence-corrected chi connectivity index (χ1v) is 4.81. The van der Waals surface area contributed by atoms with Crippen LogP contribution in [0.15, 0.2) is 0 Å². The van der Waals surface area contributed by atoms with Crippen molar-refractivity contribution in [2.45, 2.75) is 31.7 Å². The Bertz CT molecular complexity index is 226. The molecule has 1 saturated heterocycles. The summed E-state index contributed by atoms with van der Waals surface area (Å²) in [5.41, 5.74) is 3.16. The first-order chi connectivity index (χ1) is 6.31. The number of hydrogen-bond donors (Lipinski definition) is 1. The zero-order valence-corrected chi connectivity index (χ0v) is 7.53. The Morgan fingerprint density at radius 2 is 2.31 bits per heavy atom. The van der Waals surface area contributed by atoms with Crippen LogP contribution in [0.25, 0.3) is 0 Å². The fourth-order valence-corrected chi connectivity index (χ4v) is 1.76. The lowest BCUT2D eigenvalue weighted by atomic mass is 10.1. The number of nitrogens with one attached hydrogen (secondary N) is 1. The highest BCUT2D eigenvalue weighted by Gasteiger charge is 2.39. The molecule has 0 spiro atoms. The molecular formula is C9H14N2O2. The summed E-state index contributed by atoms with van der Waals surface area (Å²) in [6.45, 7) is 0.519. The molecule has 1 saturated carbocycles. The van der Waals surface area contributed by atoms with Crippen LogP contribution in [0.1, 0.15) is 25.7 Å². The van der Waals surface area contributed by atoms with Gasteiger partial charge in [0.2, 0.25) is 5.91 Å². The second-order valence-electron chi connectivity index (χ2n) is 3.78.